The molecule has 0 aliphatic carbocycles. The number of carbonyl (C=O) groups excluding carboxylic acids is 3. The predicted octanol–water partition coefficient (Wildman–Crippen LogP) is 7.75. The topological polar surface area (TPSA) is 88.1 Å². The second-order valence-corrected chi connectivity index (χ2v) is 13.2. The van der Waals surface area contributed by atoms with Crippen LogP contribution < -0.4 is 0 Å². The highest BCUT2D eigenvalue weighted by molar-refractivity contribution is 5.88. The third-order valence-electron chi connectivity index (χ3n) is 10.4. The SMILES string of the molecule is CCCCCC(=O)OC(OC(=O)OC(C(=O)OC1CC2CCC(C1)[N+]21CCCC1)(c1ccccc1)c1ccccc1)c1ccccc1. The van der Waals surface area contributed by atoms with Crippen molar-refractivity contribution in [2.24, 2.45) is 0 Å². The van der Waals surface area contributed by atoms with Crippen molar-refractivity contribution in [1.29, 1.82) is 0 Å². The van der Waals surface area contributed by atoms with Gasteiger partial charge < -0.3 is 23.4 Å². The number of rotatable bonds is 12. The summed E-state index contributed by atoms with van der Waals surface area (Å²) in [6.07, 6.45) is 6.35. The Morgan fingerprint density at radius 2 is 1.32 bits per heavy atom. The van der Waals surface area contributed by atoms with Gasteiger partial charge in [-0.05, 0) is 6.42 Å². The van der Waals surface area contributed by atoms with Gasteiger partial charge in [-0.3, -0.25) is 4.79 Å². The molecule has 3 aliphatic heterocycles. The molecule has 8 nitrogen and oxygen atoms in total. The Kier molecular flexibility index (Phi) is 10.3. The van der Waals surface area contributed by atoms with Gasteiger partial charge in [0.05, 0.1) is 25.2 Å². The van der Waals surface area contributed by atoms with Crippen molar-refractivity contribution < 1.29 is 37.8 Å². The average Bonchev–Trinajstić information content (AvgIpc) is 3.64. The molecule has 2 bridgehead atoms. The Morgan fingerprint density at radius 3 is 1.87 bits per heavy atom. The highest BCUT2D eigenvalue weighted by Crippen LogP contribution is 2.47. The van der Waals surface area contributed by atoms with Gasteiger partial charge in [-0.15, -0.1) is 0 Å². The number of nitrogens with zero attached hydrogens (tertiary/aromatic N) is 1. The standard InChI is InChI=1S/C39H46NO7/c1-2-3-7-22-35(41)45-36(29-16-8-4-9-17-29)46-38(43)47-39(30-18-10-5-11-19-30,31-20-12-6-13-21-31)37(42)44-34-27-32-23-24-33(28-34)40(32)25-14-15-26-40/h4-6,8-13,16-21,32-34,36H,2-3,7,14-15,22-28H2,1H3/q+1. The van der Waals surface area contributed by atoms with E-state index in [9.17, 15) is 14.4 Å². The molecule has 3 fully saturated rings. The van der Waals surface area contributed by atoms with Crippen molar-refractivity contribution >= 4 is 18.1 Å². The Balaban J connectivity index is 1.29. The van der Waals surface area contributed by atoms with Gasteiger partial charge in [0.25, 0.3) is 11.9 Å². The van der Waals surface area contributed by atoms with E-state index >= 15 is 0 Å². The average molecular weight is 641 g/mol. The monoisotopic (exact) mass is 640 g/mol. The van der Waals surface area contributed by atoms with E-state index < -0.39 is 30.0 Å². The van der Waals surface area contributed by atoms with Crippen LogP contribution in [0, 0.1) is 0 Å². The first-order valence-electron chi connectivity index (χ1n) is 17.3. The van der Waals surface area contributed by atoms with E-state index in [1.807, 2.05) is 18.2 Å². The summed E-state index contributed by atoms with van der Waals surface area (Å²) in [6.45, 7) is 4.49. The zero-order valence-corrected chi connectivity index (χ0v) is 27.3. The normalized spacial score (nSPS) is 21.9. The first-order chi connectivity index (χ1) is 22.9. The molecule has 3 aromatic carbocycles. The van der Waals surface area contributed by atoms with Crippen LogP contribution in [0.2, 0.25) is 0 Å². The van der Waals surface area contributed by atoms with E-state index in [-0.39, 0.29) is 12.5 Å². The highest BCUT2D eigenvalue weighted by Gasteiger charge is 2.57. The molecule has 3 heterocycles. The third kappa shape index (κ3) is 6.93. The van der Waals surface area contributed by atoms with Crippen molar-refractivity contribution in [3.05, 3.63) is 108 Å². The van der Waals surface area contributed by atoms with Crippen LogP contribution in [0.15, 0.2) is 91.0 Å². The Hall–Kier alpha value is -4.17. The molecule has 3 unspecified atom stereocenters. The quantitative estimate of drug-likeness (QED) is 0.0658. The molecule has 3 atom stereocenters. The lowest BCUT2D eigenvalue weighted by molar-refractivity contribution is -0.956. The minimum atomic E-state index is -1.96. The Bertz CT molecular complexity index is 1430. The first-order valence-corrected chi connectivity index (χ1v) is 17.3. The van der Waals surface area contributed by atoms with Gasteiger partial charge >= 0.3 is 18.1 Å². The molecule has 0 aromatic heterocycles. The zero-order chi connectivity index (χ0) is 32.7. The van der Waals surface area contributed by atoms with Crippen LogP contribution in [-0.2, 0) is 34.1 Å². The highest BCUT2D eigenvalue weighted by atomic mass is 16.8. The minimum Gasteiger partial charge on any atom is -0.458 e. The van der Waals surface area contributed by atoms with Gasteiger partial charge in [0, 0.05) is 61.6 Å². The van der Waals surface area contributed by atoms with E-state index in [1.165, 1.54) is 30.4 Å². The molecule has 0 amide bonds. The van der Waals surface area contributed by atoms with Gasteiger partial charge in [0.15, 0.2) is 0 Å². The summed E-state index contributed by atoms with van der Waals surface area (Å²) in [4.78, 5) is 41.3. The smallest absolute Gasteiger partial charge is 0.458 e. The fourth-order valence-electron chi connectivity index (χ4n) is 8.15. The van der Waals surface area contributed by atoms with Crippen LogP contribution >= 0.6 is 0 Å². The molecule has 3 saturated heterocycles. The second-order valence-electron chi connectivity index (χ2n) is 13.2. The maximum Gasteiger partial charge on any atom is 0.513 e. The maximum absolute atomic E-state index is 14.7. The summed E-state index contributed by atoms with van der Waals surface area (Å²) in [5.74, 6) is -1.15. The summed E-state index contributed by atoms with van der Waals surface area (Å²) in [6, 6.07) is 27.6. The van der Waals surface area contributed by atoms with E-state index in [0.29, 0.717) is 35.2 Å². The number of quaternary nitrogens is 1. The van der Waals surface area contributed by atoms with Gasteiger partial charge in [-0.2, -0.15) is 0 Å². The molecule has 8 heteroatoms. The lowest BCUT2D eigenvalue weighted by Crippen LogP contribution is -2.60. The van der Waals surface area contributed by atoms with Crippen LogP contribution in [0.25, 0.3) is 0 Å². The molecule has 3 aromatic rings. The van der Waals surface area contributed by atoms with Crippen LogP contribution in [0.5, 0.6) is 0 Å². The van der Waals surface area contributed by atoms with E-state index in [1.54, 1.807) is 72.8 Å². The number of esters is 2. The first kappa shape index (κ1) is 32.8. The number of carbonyl (C=O) groups is 3. The molecule has 248 valence electrons. The zero-order valence-electron chi connectivity index (χ0n) is 27.3. The summed E-state index contributed by atoms with van der Waals surface area (Å²) in [5.41, 5.74) is -0.620. The third-order valence-corrected chi connectivity index (χ3v) is 10.4. The summed E-state index contributed by atoms with van der Waals surface area (Å²) < 4.78 is 25.2. The largest absolute Gasteiger partial charge is 0.513 e. The van der Waals surface area contributed by atoms with Gasteiger partial charge in [0.2, 0.25) is 0 Å². The van der Waals surface area contributed by atoms with Crippen LogP contribution in [0.3, 0.4) is 0 Å². The number of hydrogen-bond acceptors (Lipinski definition) is 7. The Morgan fingerprint density at radius 1 is 0.766 bits per heavy atom. The number of benzene rings is 3. The summed E-state index contributed by atoms with van der Waals surface area (Å²) >= 11 is 0. The molecule has 0 radical (unpaired) electrons. The van der Waals surface area contributed by atoms with Crippen molar-refractivity contribution in [2.75, 3.05) is 13.1 Å². The van der Waals surface area contributed by atoms with Gasteiger partial charge in [-0.1, -0.05) is 111 Å². The molecule has 47 heavy (non-hydrogen) atoms. The Labute approximate surface area is 277 Å². The lowest BCUT2D eigenvalue weighted by atomic mass is 9.85. The van der Waals surface area contributed by atoms with Crippen molar-refractivity contribution in [1.82, 2.24) is 0 Å². The molecule has 1 spiro atoms. The number of piperidine rings is 1. The number of unbranched alkanes of at least 4 members (excludes halogenated alkanes) is 2. The predicted molar refractivity (Wildman–Crippen MR) is 176 cm³/mol. The van der Waals surface area contributed by atoms with Crippen molar-refractivity contribution in [3.63, 3.8) is 0 Å². The summed E-state index contributed by atoms with van der Waals surface area (Å²) in [5, 5.41) is 0. The molecule has 3 aliphatic rings. The van der Waals surface area contributed by atoms with E-state index in [4.69, 9.17) is 18.9 Å². The number of hydrogen-bond donors (Lipinski definition) is 0. The number of ether oxygens (including phenoxy) is 4. The van der Waals surface area contributed by atoms with E-state index in [0.717, 1.165) is 38.5 Å². The van der Waals surface area contributed by atoms with Gasteiger partial charge in [0.1, 0.15) is 6.10 Å². The minimum absolute atomic E-state index is 0.198. The summed E-state index contributed by atoms with van der Waals surface area (Å²) in [7, 11) is 0. The molecular weight excluding hydrogens is 594 g/mol. The molecule has 0 N–H and O–H groups in total. The fraction of sp³-hybridized carbons (Fsp3) is 0.462. The van der Waals surface area contributed by atoms with Crippen LogP contribution in [0.4, 0.5) is 4.79 Å². The van der Waals surface area contributed by atoms with Crippen LogP contribution in [0.1, 0.15) is 94.1 Å². The molecular formula is C39H46NO7+. The second kappa shape index (κ2) is 14.7. The van der Waals surface area contributed by atoms with Gasteiger partial charge in [-0.25, -0.2) is 9.59 Å². The van der Waals surface area contributed by atoms with Crippen molar-refractivity contribution in [3.8, 4) is 0 Å². The lowest BCUT2D eigenvalue weighted by Gasteiger charge is -2.47. The fourth-order valence-corrected chi connectivity index (χ4v) is 8.15. The van der Waals surface area contributed by atoms with E-state index in [2.05, 4.69) is 6.92 Å². The maximum atomic E-state index is 14.7. The molecule has 6 rings (SSSR count). The van der Waals surface area contributed by atoms with Crippen LogP contribution in [-0.4, -0.2) is 53.9 Å². The molecule has 0 saturated carbocycles. The van der Waals surface area contributed by atoms with Crippen molar-refractivity contribution in [2.45, 2.75) is 101 Å².